The predicted octanol–water partition coefficient (Wildman–Crippen LogP) is 1.46. The van der Waals surface area contributed by atoms with Crippen LogP contribution < -0.4 is 10.2 Å². The molecule has 2 unspecified atom stereocenters. The SMILES string of the molecule is N#Cc1cnc(N2CCCCC2C2CCCN2)cn1. The fourth-order valence-electron chi connectivity index (χ4n) is 3.23. The van der Waals surface area contributed by atoms with Crippen molar-refractivity contribution in [1.82, 2.24) is 15.3 Å². The van der Waals surface area contributed by atoms with Crippen molar-refractivity contribution in [3.63, 3.8) is 0 Å². The standard InChI is InChI=1S/C14H19N5/c15-8-11-9-18-14(10-17-11)19-7-2-1-5-13(19)12-4-3-6-16-12/h9-10,12-13,16H,1-7H2. The molecule has 3 heterocycles. The maximum atomic E-state index is 8.79. The lowest BCUT2D eigenvalue weighted by atomic mass is 9.94. The molecule has 0 radical (unpaired) electrons. The Morgan fingerprint density at radius 1 is 1.21 bits per heavy atom. The molecule has 0 aromatic carbocycles. The van der Waals surface area contributed by atoms with Gasteiger partial charge in [0.25, 0.3) is 0 Å². The van der Waals surface area contributed by atoms with Crippen molar-refractivity contribution in [2.24, 2.45) is 0 Å². The number of rotatable bonds is 2. The molecule has 2 aliphatic rings. The van der Waals surface area contributed by atoms with Crippen LogP contribution in [0.5, 0.6) is 0 Å². The average molecular weight is 257 g/mol. The third-order valence-electron chi connectivity index (χ3n) is 4.16. The number of anilines is 1. The first kappa shape index (κ1) is 12.4. The molecule has 2 aliphatic heterocycles. The van der Waals surface area contributed by atoms with Crippen molar-refractivity contribution < 1.29 is 0 Å². The van der Waals surface area contributed by atoms with Crippen molar-refractivity contribution in [1.29, 1.82) is 5.26 Å². The number of nitriles is 1. The zero-order valence-electron chi connectivity index (χ0n) is 11.0. The average Bonchev–Trinajstić information content (AvgIpc) is 3.01. The highest BCUT2D eigenvalue weighted by molar-refractivity contribution is 5.40. The second-order valence-electron chi connectivity index (χ2n) is 5.33. The van der Waals surface area contributed by atoms with Crippen LogP contribution in [0.4, 0.5) is 5.82 Å². The van der Waals surface area contributed by atoms with E-state index in [0.717, 1.165) is 18.9 Å². The zero-order chi connectivity index (χ0) is 13.1. The monoisotopic (exact) mass is 257 g/mol. The lowest BCUT2D eigenvalue weighted by molar-refractivity contribution is 0.376. The Hall–Kier alpha value is -1.67. The Bertz CT molecular complexity index is 458. The molecule has 0 amide bonds. The van der Waals surface area contributed by atoms with E-state index in [1.807, 2.05) is 6.07 Å². The van der Waals surface area contributed by atoms with Crippen LogP contribution in [0.3, 0.4) is 0 Å². The van der Waals surface area contributed by atoms with Gasteiger partial charge in [0.15, 0.2) is 5.69 Å². The van der Waals surface area contributed by atoms with Gasteiger partial charge in [-0.1, -0.05) is 0 Å². The lowest BCUT2D eigenvalue weighted by Gasteiger charge is -2.39. The van der Waals surface area contributed by atoms with E-state index in [2.05, 4.69) is 20.2 Å². The molecule has 1 aromatic heterocycles. The Kier molecular flexibility index (Phi) is 3.60. The van der Waals surface area contributed by atoms with Gasteiger partial charge in [-0.15, -0.1) is 0 Å². The van der Waals surface area contributed by atoms with E-state index in [1.165, 1.54) is 32.1 Å². The molecular weight excluding hydrogens is 238 g/mol. The second-order valence-corrected chi connectivity index (χ2v) is 5.33. The summed E-state index contributed by atoms with van der Waals surface area (Å²) in [6.07, 6.45) is 9.57. The minimum Gasteiger partial charge on any atom is -0.351 e. The number of hydrogen-bond donors (Lipinski definition) is 1. The van der Waals surface area contributed by atoms with Gasteiger partial charge < -0.3 is 10.2 Å². The molecule has 5 nitrogen and oxygen atoms in total. The van der Waals surface area contributed by atoms with Crippen molar-refractivity contribution in [2.75, 3.05) is 18.0 Å². The number of piperidine rings is 1. The fraction of sp³-hybridized carbons (Fsp3) is 0.643. The summed E-state index contributed by atoms with van der Waals surface area (Å²) < 4.78 is 0. The highest BCUT2D eigenvalue weighted by Crippen LogP contribution is 2.27. The van der Waals surface area contributed by atoms with Gasteiger partial charge in [-0.05, 0) is 38.6 Å². The smallest absolute Gasteiger partial charge is 0.158 e. The first-order chi connectivity index (χ1) is 9.38. The maximum Gasteiger partial charge on any atom is 0.158 e. The molecule has 2 saturated heterocycles. The largest absolute Gasteiger partial charge is 0.351 e. The predicted molar refractivity (Wildman–Crippen MR) is 72.8 cm³/mol. The minimum absolute atomic E-state index is 0.385. The van der Waals surface area contributed by atoms with Crippen LogP contribution in [0.1, 0.15) is 37.8 Å². The van der Waals surface area contributed by atoms with Gasteiger partial charge in [0.1, 0.15) is 11.9 Å². The van der Waals surface area contributed by atoms with Crippen LogP contribution in [0, 0.1) is 11.3 Å². The van der Waals surface area contributed by atoms with Crippen molar-refractivity contribution in [3.05, 3.63) is 18.1 Å². The first-order valence-corrected chi connectivity index (χ1v) is 7.10. The van der Waals surface area contributed by atoms with Gasteiger partial charge in [0, 0.05) is 18.6 Å². The molecule has 2 fully saturated rings. The molecule has 19 heavy (non-hydrogen) atoms. The molecule has 0 spiro atoms. The molecule has 1 aromatic rings. The van der Waals surface area contributed by atoms with Crippen LogP contribution in [-0.4, -0.2) is 35.1 Å². The van der Waals surface area contributed by atoms with E-state index >= 15 is 0 Å². The van der Waals surface area contributed by atoms with Gasteiger partial charge in [0.05, 0.1) is 12.4 Å². The molecule has 2 atom stereocenters. The molecule has 5 heteroatoms. The van der Waals surface area contributed by atoms with E-state index in [1.54, 1.807) is 12.4 Å². The van der Waals surface area contributed by atoms with Crippen molar-refractivity contribution in [2.45, 2.75) is 44.2 Å². The first-order valence-electron chi connectivity index (χ1n) is 7.10. The third kappa shape index (κ3) is 2.54. The van der Waals surface area contributed by atoms with Crippen molar-refractivity contribution in [3.8, 4) is 6.07 Å². The number of aromatic nitrogens is 2. The van der Waals surface area contributed by atoms with E-state index in [0.29, 0.717) is 17.8 Å². The van der Waals surface area contributed by atoms with E-state index in [4.69, 9.17) is 5.26 Å². The van der Waals surface area contributed by atoms with E-state index in [-0.39, 0.29) is 0 Å². The Balaban J connectivity index is 1.80. The Morgan fingerprint density at radius 3 is 2.84 bits per heavy atom. The zero-order valence-corrected chi connectivity index (χ0v) is 11.0. The van der Waals surface area contributed by atoms with Crippen molar-refractivity contribution >= 4 is 5.82 Å². The van der Waals surface area contributed by atoms with Crippen LogP contribution in [0.15, 0.2) is 12.4 Å². The Morgan fingerprint density at radius 2 is 2.16 bits per heavy atom. The molecule has 0 bridgehead atoms. The fourth-order valence-corrected chi connectivity index (χ4v) is 3.23. The van der Waals surface area contributed by atoms with Crippen LogP contribution in [0.2, 0.25) is 0 Å². The maximum absolute atomic E-state index is 8.79. The summed E-state index contributed by atoms with van der Waals surface area (Å²) in [5.74, 6) is 0.914. The normalized spacial score (nSPS) is 27.2. The minimum atomic E-state index is 0.385. The second kappa shape index (κ2) is 5.54. The van der Waals surface area contributed by atoms with Crippen LogP contribution in [0.25, 0.3) is 0 Å². The molecule has 0 aliphatic carbocycles. The summed E-state index contributed by atoms with van der Waals surface area (Å²) in [6, 6.07) is 3.13. The lowest BCUT2D eigenvalue weighted by Crippen LogP contribution is -2.50. The molecular formula is C14H19N5. The van der Waals surface area contributed by atoms with Gasteiger partial charge in [0.2, 0.25) is 0 Å². The number of nitrogens with zero attached hydrogens (tertiary/aromatic N) is 4. The van der Waals surface area contributed by atoms with Crippen LogP contribution in [-0.2, 0) is 0 Å². The van der Waals surface area contributed by atoms with Gasteiger partial charge in [-0.3, -0.25) is 0 Å². The van der Waals surface area contributed by atoms with Crippen LogP contribution >= 0.6 is 0 Å². The summed E-state index contributed by atoms with van der Waals surface area (Å²) in [4.78, 5) is 10.9. The topological polar surface area (TPSA) is 64.8 Å². The summed E-state index contributed by atoms with van der Waals surface area (Å²) in [5.41, 5.74) is 0.385. The quantitative estimate of drug-likeness (QED) is 0.869. The molecule has 1 N–H and O–H groups in total. The third-order valence-corrected chi connectivity index (χ3v) is 4.16. The Labute approximate surface area is 113 Å². The highest BCUT2D eigenvalue weighted by atomic mass is 15.2. The van der Waals surface area contributed by atoms with E-state index < -0.39 is 0 Å². The summed E-state index contributed by atoms with van der Waals surface area (Å²) in [5, 5.41) is 12.4. The van der Waals surface area contributed by atoms with E-state index in [9.17, 15) is 0 Å². The highest BCUT2D eigenvalue weighted by Gasteiger charge is 2.32. The summed E-state index contributed by atoms with van der Waals surface area (Å²) in [6.45, 7) is 2.18. The molecule has 0 saturated carbocycles. The van der Waals surface area contributed by atoms with Gasteiger partial charge in [-0.25, -0.2) is 9.97 Å². The molecule has 3 rings (SSSR count). The van der Waals surface area contributed by atoms with Gasteiger partial charge in [-0.2, -0.15) is 5.26 Å². The summed E-state index contributed by atoms with van der Waals surface area (Å²) in [7, 11) is 0. The number of hydrogen-bond acceptors (Lipinski definition) is 5. The summed E-state index contributed by atoms with van der Waals surface area (Å²) >= 11 is 0. The number of nitrogens with one attached hydrogen (secondary N) is 1. The van der Waals surface area contributed by atoms with Gasteiger partial charge >= 0.3 is 0 Å². The molecule has 100 valence electrons.